The molecule has 0 heterocycles. The quantitative estimate of drug-likeness (QED) is 0.614. The molecule has 0 amide bonds. The van der Waals surface area contributed by atoms with Gasteiger partial charge in [0.25, 0.3) is 0 Å². The number of hydrogen-bond acceptors (Lipinski definition) is 1. The summed E-state index contributed by atoms with van der Waals surface area (Å²) in [7, 11) is 0. The number of rotatable bonds is 1. The van der Waals surface area contributed by atoms with Crippen molar-refractivity contribution in [1.82, 2.24) is 0 Å². The molecule has 0 saturated heterocycles. The molecule has 0 radical (unpaired) electrons. The summed E-state index contributed by atoms with van der Waals surface area (Å²) < 4.78 is 36.5. The smallest absolute Gasteiger partial charge is 0.179 e. The van der Waals surface area contributed by atoms with Crippen LogP contribution in [0.2, 0.25) is 0 Å². The molecular formula is C8H13F3S. The Morgan fingerprint density at radius 2 is 1.58 bits per heavy atom. The fourth-order valence-electron chi connectivity index (χ4n) is 1.67. The van der Waals surface area contributed by atoms with Crippen LogP contribution in [0.5, 0.6) is 0 Å². The lowest BCUT2D eigenvalue weighted by Crippen LogP contribution is -2.28. The Balaban J connectivity index is 2.36. The lowest BCUT2D eigenvalue weighted by atomic mass is 9.82. The van der Waals surface area contributed by atoms with Gasteiger partial charge in [-0.15, -0.1) is 0 Å². The second-order valence-corrected chi connectivity index (χ2v) is 3.81. The van der Waals surface area contributed by atoms with Gasteiger partial charge >= 0.3 is 6.18 Å². The van der Waals surface area contributed by atoms with Gasteiger partial charge in [-0.3, -0.25) is 0 Å². The molecule has 1 saturated carbocycles. The molecule has 1 rings (SSSR count). The highest BCUT2D eigenvalue weighted by molar-refractivity contribution is 7.80. The zero-order chi connectivity index (χ0) is 9.19. The van der Waals surface area contributed by atoms with Crippen molar-refractivity contribution >= 4 is 12.6 Å². The van der Waals surface area contributed by atoms with E-state index in [1.165, 1.54) is 0 Å². The molecule has 1 aliphatic rings. The molecule has 72 valence electrons. The van der Waals surface area contributed by atoms with Crippen LogP contribution in [0, 0.1) is 11.8 Å². The van der Waals surface area contributed by atoms with Crippen LogP contribution in [0.4, 0.5) is 13.2 Å². The van der Waals surface area contributed by atoms with E-state index in [0.717, 1.165) is 5.75 Å². The van der Waals surface area contributed by atoms with Gasteiger partial charge in [-0.25, -0.2) is 0 Å². The van der Waals surface area contributed by atoms with Crippen molar-refractivity contribution < 1.29 is 13.2 Å². The molecule has 1 fully saturated rings. The number of alkyl halides is 3. The average Bonchev–Trinajstić information content (AvgIpc) is 2.03. The molecule has 0 aliphatic heterocycles. The molecule has 0 atom stereocenters. The highest BCUT2D eigenvalue weighted by Crippen LogP contribution is 2.39. The third-order valence-electron chi connectivity index (χ3n) is 2.57. The van der Waals surface area contributed by atoms with Gasteiger partial charge in [0.15, 0.2) is 0 Å². The van der Waals surface area contributed by atoms with E-state index in [2.05, 4.69) is 12.6 Å². The Labute approximate surface area is 75.9 Å². The van der Waals surface area contributed by atoms with Gasteiger partial charge in [-0.1, -0.05) is 0 Å². The summed E-state index contributed by atoms with van der Waals surface area (Å²) in [5.41, 5.74) is 0. The van der Waals surface area contributed by atoms with Crippen LogP contribution in [-0.2, 0) is 0 Å². The monoisotopic (exact) mass is 198 g/mol. The molecule has 4 heteroatoms. The first-order valence-electron chi connectivity index (χ1n) is 4.21. The molecule has 0 spiro atoms. The maximum absolute atomic E-state index is 12.2. The highest BCUT2D eigenvalue weighted by Gasteiger charge is 2.40. The lowest BCUT2D eigenvalue weighted by Gasteiger charge is -2.28. The van der Waals surface area contributed by atoms with Crippen LogP contribution in [0.1, 0.15) is 25.7 Å². The van der Waals surface area contributed by atoms with E-state index >= 15 is 0 Å². The van der Waals surface area contributed by atoms with Crippen molar-refractivity contribution in [3.05, 3.63) is 0 Å². The fraction of sp³-hybridized carbons (Fsp3) is 1.00. The summed E-state index contributed by atoms with van der Waals surface area (Å²) in [5.74, 6) is 0.0884. The minimum absolute atomic E-state index is 0.300. The fourth-order valence-corrected chi connectivity index (χ4v) is 2.04. The summed E-state index contributed by atoms with van der Waals surface area (Å²) in [4.78, 5) is 0. The topological polar surface area (TPSA) is 0 Å². The summed E-state index contributed by atoms with van der Waals surface area (Å²) in [6.45, 7) is 0. The minimum Gasteiger partial charge on any atom is -0.179 e. The Morgan fingerprint density at radius 3 is 1.92 bits per heavy atom. The van der Waals surface area contributed by atoms with Crippen molar-refractivity contribution in [2.75, 3.05) is 5.75 Å². The van der Waals surface area contributed by atoms with Gasteiger partial charge < -0.3 is 0 Å². The van der Waals surface area contributed by atoms with Gasteiger partial charge in [0, 0.05) is 0 Å². The summed E-state index contributed by atoms with van der Waals surface area (Å²) >= 11 is 4.08. The van der Waals surface area contributed by atoms with Crippen molar-refractivity contribution in [3.63, 3.8) is 0 Å². The van der Waals surface area contributed by atoms with Gasteiger partial charge in [0.05, 0.1) is 5.92 Å². The van der Waals surface area contributed by atoms with E-state index in [0.29, 0.717) is 31.6 Å². The van der Waals surface area contributed by atoms with E-state index < -0.39 is 12.1 Å². The first-order valence-corrected chi connectivity index (χ1v) is 4.85. The Hall–Kier alpha value is 0.140. The van der Waals surface area contributed by atoms with Gasteiger partial charge in [-0.2, -0.15) is 25.8 Å². The standard InChI is InChI=1S/C8H13F3S/c9-8(10,11)7-3-1-6(5-12)2-4-7/h6-7,12H,1-5H2. The molecule has 12 heavy (non-hydrogen) atoms. The third kappa shape index (κ3) is 2.57. The number of thiol groups is 1. The largest absolute Gasteiger partial charge is 0.391 e. The van der Waals surface area contributed by atoms with E-state index in [4.69, 9.17) is 0 Å². The molecule has 1 aliphatic carbocycles. The van der Waals surface area contributed by atoms with Crippen molar-refractivity contribution in [2.24, 2.45) is 11.8 Å². The lowest BCUT2D eigenvalue weighted by molar-refractivity contribution is -0.183. The van der Waals surface area contributed by atoms with Crippen molar-refractivity contribution in [2.45, 2.75) is 31.9 Å². The SMILES string of the molecule is FC(F)(F)C1CCC(CS)CC1. The van der Waals surface area contributed by atoms with E-state index in [9.17, 15) is 13.2 Å². The van der Waals surface area contributed by atoms with Crippen LogP contribution in [0.25, 0.3) is 0 Å². The van der Waals surface area contributed by atoms with Gasteiger partial charge in [0.1, 0.15) is 0 Å². The summed E-state index contributed by atoms with van der Waals surface area (Å²) in [6.07, 6.45) is -1.99. The average molecular weight is 198 g/mol. The molecule has 0 N–H and O–H groups in total. The van der Waals surface area contributed by atoms with Crippen LogP contribution in [0.15, 0.2) is 0 Å². The van der Waals surface area contributed by atoms with E-state index in [1.54, 1.807) is 0 Å². The van der Waals surface area contributed by atoms with Gasteiger partial charge in [-0.05, 0) is 37.4 Å². The highest BCUT2D eigenvalue weighted by atomic mass is 32.1. The van der Waals surface area contributed by atoms with Crippen molar-refractivity contribution in [1.29, 1.82) is 0 Å². The first-order chi connectivity index (χ1) is 5.54. The molecule has 0 unspecified atom stereocenters. The van der Waals surface area contributed by atoms with Crippen molar-refractivity contribution in [3.8, 4) is 0 Å². The van der Waals surface area contributed by atoms with Crippen LogP contribution in [-0.4, -0.2) is 11.9 Å². The van der Waals surface area contributed by atoms with E-state index in [1.807, 2.05) is 0 Å². The second-order valence-electron chi connectivity index (χ2n) is 3.44. The predicted molar refractivity (Wildman–Crippen MR) is 45.4 cm³/mol. The minimum atomic E-state index is -3.97. The summed E-state index contributed by atoms with van der Waals surface area (Å²) in [6, 6.07) is 0. The maximum Gasteiger partial charge on any atom is 0.391 e. The number of halogens is 3. The molecule has 0 aromatic rings. The zero-order valence-electron chi connectivity index (χ0n) is 6.77. The van der Waals surface area contributed by atoms with Crippen LogP contribution >= 0.6 is 12.6 Å². The number of hydrogen-bond donors (Lipinski definition) is 1. The Kier molecular flexibility index (Phi) is 3.32. The second kappa shape index (κ2) is 3.90. The Bertz CT molecular complexity index is 136. The first kappa shape index (κ1) is 10.2. The molecule has 0 bridgehead atoms. The molecule has 0 nitrogen and oxygen atoms in total. The third-order valence-corrected chi connectivity index (χ3v) is 3.08. The van der Waals surface area contributed by atoms with E-state index in [-0.39, 0.29) is 0 Å². The normalized spacial score (nSPS) is 32.0. The van der Waals surface area contributed by atoms with Gasteiger partial charge in [0.2, 0.25) is 0 Å². The molecule has 0 aromatic carbocycles. The Morgan fingerprint density at radius 1 is 1.08 bits per heavy atom. The predicted octanol–water partition coefficient (Wildman–Crippen LogP) is 3.28. The maximum atomic E-state index is 12.2. The summed E-state index contributed by atoms with van der Waals surface area (Å²) in [5, 5.41) is 0. The molecular weight excluding hydrogens is 185 g/mol. The van der Waals surface area contributed by atoms with Crippen LogP contribution in [0.3, 0.4) is 0 Å². The molecule has 0 aromatic heterocycles. The van der Waals surface area contributed by atoms with Crippen LogP contribution < -0.4 is 0 Å². The zero-order valence-corrected chi connectivity index (χ0v) is 7.67.